The summed E-state index contributed by atoms with van der Waals surface area (Å²) in [6.45, 7) is 4.79. The lowest BCUT2D eigenvalue weighted by molar-refractivity contribution is 0.0276. The molecule has 8 nitrogen and oxygen atoms in total. The first-order valence-electron chi connectivity index (χ1n) is 12.3. The highest BCUT2D eigenvalue weighted by atomic mass is 19.1. The van der Waals surface area contributed by atoms with Crippen molar-refractivity contribution >= 4 is 17.6 Å². The minimum absolute atomic E-state index is 0.0444. The maximum atomic E-state index is 14.8. The molecule has 1 saturated carbocycles. The van der Waals surface area contributed by atoms with Crippen LogP contribution >= 0.6 is 0 Å². The zero-order valence-electron chi connectivity index (χ0n) is 19.9. The van der Waals surface area contributed by atoms with Gasteiger partial charge < -0.3 is 19.8 Å². The third-order valence-corrected chi connectivity index (χ3v) is 6.80. The third kappa shape index (κ3) is 5.88. The first-order valence-corrected chi connectivity index (χ1v) is 12.3. The highest BCUT2D eigenvalue weighted by Crippen LogP contribution is 2.29. The minimum Gasteiger partial charge on any atom is -0.403 e. The van der Waals surface area contributed by atoms with E-state index >= 15 is 0 Å². The van der Waals surface area contributed by atoms with Gasteiger partial charge in [-0.25, -0.2) is 8.78 Å². The van der Waals surface area contributed by atoms with Gasteiger partial charge in [0.25, 0.3) is 11.8 Å². The Morgan fingerprint density at radius 2 is 1.78 bits per heavy atom. The number of aromatic nitrogens is 2. The van der Waals surface area contributed by atoms with E-state index in [9.17, 15) is 13.6 Å². The second-order valence-corrected chi connectivity index (χ2v) is 9.32. The molecule has 1 amide bonds. The number of hydrogen-bond donors (Lipinski definition) is 2. The third-order valence-electron chi connectivity index (χ3n) is 6.80. The summed E-state index contributed by atoms with van der Waals surface area (Å²) in [4.78, 5) is 14.8. The maximum Gasteiger partial charge on any atom is 0.315 e. The van der Waals surface area contributed by atoms with Gasteiger partial charge in [-0.2, -0.15) is 0 Å². The van der Waals surface area contributed by atoms with Crippen LogP contribution in [0.1, 0.15) is 36.0 Å². The van der Waals surface area contributed by atoms with Gasteiger partial charge in [-0.15, -0.1) is 5.10 Å². The van der Waals surface area contributed by atoms with E-state index in [0.717, 1.165) is 64.6 Å². The number of ether oxygens (including phenoxy) is 1. The molecule has 10 heteroatoms. The number of carbonyl (C=O) groups is 1. The van der Waals surface area contributed by atoms with Crippen LogP contribution in [0.2, 0.25) is 0 Å². The maximum absolute atomic E-state index is 14.8. The van der Waals surface area contributed by atoms with E-state index in [1.54, 1.807) is 6.07 Å². The monoisotopic (exact) mass is 497 g/mol. The number of halogens is 2. The summed E-state index contributed by atoms with van der Waals surface area (Å²) in [5.74, 6) is -1.22. The molecule has 1 aliphatic heterocycles. The van der Waals surface area contributed by atoms with Crippen molar-refractivity contribution in [2.45, 2.75) is 31.7 Å². The van der Waals surface area contributed by atoms with Crippen molar-refractivity contribution in [3.05, 3.63) is 59.7 Å². The van der Waals surface area contributed by atoms with E-state index in [2.05, 4.69) is 25.7 Å². The molecule has 1 saturated heterocycles. The fraction of sp³-hybridized carbons (Fsp3) is 0.423. The lowest BCUT2D eigenvalue weighted by atomic mass is 9.85. The normalized spacial score (nSPS) is 20.7. The van der Waals surface area contributed by atoms with Gasteiger partial charge >= 0.3 is 6.01 Å². The van der Waals surface area contributed by atoms with Gasteiger partial charge in [-0.3, -0.25) is 9.69 Å². The van der Waals surface area contributed by atoms with E-state index in [1.165, 1.54) is 30.3 Å². The lowest BCUT2D eigenvalue weighted by Crippen LogP contribution is -2.40. The number of hydrogen-bond acceptors (Lipinski definition) is 7. The zero-order chi connectivity index (χ0) is 24.9. The van der Waals surface area contributed by atoms with Crippen LogP contribution in [0.25, 0.3) is 11.5 Å². The van der Waals surface area contributed by atoms with E-state index in [0.29, 0.717) is 5.92 Å². The quantitative estimate of drug-likeness (QED) is 0.494. The molecule has 0 bridgehead atoms. The van der Waals surface area contributed by atoms with Crippen LogP contribution in [-0.4, -0.2) is 59.9 Å². The fourth-order valence-electron chi connectivity index (χ4n) is 4.81. The summed E-state index contributed by atoms with van der Waals surface area (Å²) >= 11 is 0. The summed E-state index contributed by atoms with van der Waals surface area (Å²) < 4.78 is 39.7. The standard InChI is InChI=1S/C26H29F2N5O3/c27-22-4-2-1-3-20(22)24(34)29-19-9-10-21(23(28)15-19)25-31-32-26(36-25)30-18-7-5-17(6-8-18)16-33-11-13-35-14-12-33/h1-4,9-10,15,17-18H,5-8,11-14,16H2,(H,29,34)(H,30,32)/t17-,18-. The van der Waals surface area contributed by atoms with E-state index in [4.69, 9.17) is 9.15 Å². The molecule has 36 heavy (non-hydrogen) atoms. The second-order valence-electron chi connectivity index (χ2n) is 9.32. The summed E-state index contributed by atoms with van der Waals surface area (Å²) in [6, 6.07) is 10.2. The summed E-state index contributed by atoms with van der Waals surface area (Å²) in [5.41, 5.74) is 0.189. The Hall–Kier alpha value is -3.37. The molecule has 3 aromatic rings. The van der Waals surface area contributed by atoms with Crippen molar-refractivity contribution in [1.29, 1.82) is 0 Å². The fourth-order valence-corrected chi connectivity index (χ4v) is 4.81. The number of nitrogens with zero attached hydrogens (tertiary/aromatic N) is 3. The Morgan fingerprint density at radius 1 is 1.00 bits per heavy atom. The first kappa shape index (κ1) is 24.3. The molecule has 2 heterocycles. The smallest absolute Gasteiger partial charge is 0.315 e. The number of nitrogens with one attached hydrogen (secondary N) is 2. The van der Waals surface area contributed by atoms with Crippen molar-refractivity contribution in [3.63, 3.8) is 0 Å². The van der Waals surface area contributed by atoms with Crippen LogP contribution in [0.5, 0.6) is 0 Å². The number of carbonyl (C=O) groups excluding carboxylic acids is 1. The molecule has 1 aliphatic carbocycles. The minimum atomic E-state index is -0.663. The Bertz CT molecular complexity index is 1190. The van der Waals surface area contributed by atoms with Gasteiger partial charge in [0.15, 0.2) is 0 Å². The highest BCUT2D eigenvalue weighted by Gasteiger charge is 2.25. The predicted octanol–water partition coefficient (Wildman–Crippen LogP) is 4.57. The van der Waals surface area contributed by atoms with Gasteiger partial charge in [0.05, 0.1) is 24.3 Å². The average Bonchev–Trinajstić information content (AvgIpc) is 3.34. The van der Waals surface area contributed by atoms with Crippen LogP contribution in [0.4, 0.5) is 20.5 Å². The van der Waals surface area contributed by atoms with Crippen molar-refractivity contribution in [2.75, 3.05) is 43.5 Å². The molecule has 2 aliphatic rings. The van der Waals surface area contributed by atoms with Crippen LogP contribution in [0.15, 0.2) is 46.9 Å². The van der Waals surface area contributed by atoms with Gasteiger partial charge in [-0.1, -0.05) is 17.2 Å². The molecule has 2 N–H and O–H groups in total. The predicted molar refractivity (Wildman–Crippen MR) is 131 cm³/mol. The van der Waals surface area contributed by atoms with Crippen molar-refractivity contribution in [3.8, 4) is 11.5 Å². The number of rotatable bonds is 7. The van der Waals surface area contributed by atoms with Crippen LogP contribution in [-0.2, 0) is 4.74 Å². The number of benzene rings is 2. The molecule has 5 rings (SSSR count). The van der Waals surface area contributed by atoms with Crippen molar-refractivity contribution in [2.24, 2.45) is 5.92 Å². The summed E-state index contributed by atoms with van der Waals surface area (Å²) in [6.07, 6.45) is 4.28. The summed E-state index contributed by atoms with van der Waals surface area (Å²) in [7, 11) is 0. The van der Waals surface area contributed by atoms with Crippen molar-refractivity contribution in [1.82, 2.24) is 15.1 Å². The lowest BCUT2D eigenvalue weighted by Gasteiger charge is -2.34. The Kier molecular flexibility index (Phi) is 7.52. The molecule has 1 aromatic heterocycles. The van der Waals surface area contributed by atoms with Crippen LogP contribution in [0.3, 0.4) is 0 Å². The Morgan fingerprint density at radius 3 is 2.53 bits per heavy atom. The molecule has 2 aromatic carbocycles. The van der Waals surface area contributed by atoms with Crippen LogP contribution < -0.4 is 10.6 Å². The molecule has 0 unspecified atom stereocenters. The molecule has 0 radical (unpaired) electrons. The Balaban J connectivity index is 1.15. The topological polar surface area (TPSA) is 92.5 Å². The van der Waals surface area contributed by atoms with E-state index in [1.807, 2.05) is 0 Å². The molecular formula is C26H29F2N5O3. The number of morpholine rings is 1. The van der Waals surface area contributed by atoms with Crippen LogP contribution in [0, 0.1) is 17.6 Å². The van der Waals surface area contributed by atoms with Gasteiger partial charge in [0, 0.05) is 31.4 Å². The molecular weight excluding hydrogens is 468 g/mol. The number of amides is 1. The van der Waals surface area contributed by atoms with E-state index < -0.39 is 17.5 Å². The van der Waals surface area contributed by atoms with Gasteiger partial charge in [0.2, 0.25) is 0 Å². The average molecular weight is 498 g/mol. The van der Waals surface area contributed by atoms with Crippen molar-refractivity contribution < 1.29 is 22.7 Å². The molecule has 2 fully saturated rings. The Labute approximate surface area is 208 Å². The highest BCUT2D eigenvalue weighted by molar-refractivity contribution is 6.04. The van der Waals surface area contributed by atoms with Gasteiger partial charge in [-0.05, 0) is 61.9 Å². The molecule has 190 valence electrons. The van der Waals surface area contributed by atoms with Gasteiger partial charge in [0.1, 0.15) is 11.6 Å². The summed E-state index contributed by atoms with van der Waals surface area (Å²) in [5, 5.41) is 13.8. The van der Waals surface area contributed by atoms with E-state index in [-0.39, 0.29) is 34.8 Å². The molecule has 0 atom stereocenters. The first-order chi connectivity index (χ1) is 17.5. The second kappa shape index (κ2) is 11.1. The SMILES string of the molecule is O=C(Nc1ccc(-c2nnc(N[C@H]3CC[C@H](CN4CCOCC4)CC3)o2)c(F)c1)c1ccccc1F. The largest absolute Gasteiger partial charge is 0.403 e. The zero-order valence-corrected chi connectivity index (χ0v) is 19.9. The molecule has 0 spiro atoms. The number of anilines is 2.